The number of hydrogen-bond acceptors (Lipinski definition) is 1. The Morgan fingerprint density at radius 1 is 1.00 bits per heavy atom. The minimum absolute atomic E-state index is 0.251. The minimum atomic E-state index is -0.251. The van der Waals surface area contributed by atoms with Gasteiger partial charge in [-0.05, 0) is 54.8 Å². The summed E-state index contributed by atoms with van der Waals surface area (Å²) in [5.74, 6) is 0.810. The average Bonchev–Trinajstić information content (AvgIpc) is 2.43. The van der Waals surface area contributed by atoms with Gasteiger partial charge in [0.15, 0.2) is 0 Å². The second-order valence-corrected chi connectivity index (χ2v) is 6.91. The first-order valence-corrected chi connectivity index (χ1v) is 8.20. The molecule has 0 aliphatic rings. The number of alkyl halides is 1. The summed E-state index contributed by atoms with van der Waals surface area (Å²) in [6, 6.07) is 10.2. The van der Waals surface area contributed by atoms with E-state index in [0.717, 1.165) is 36.9 Å². The number of benzene rings is 2. The van der Waals surface area contributed by atoms with Crippen molar-refractivity contribution in [1.29, 1.82) is 0 Å². The molecule has 0 heterocycles. The summed E-state index contributed by atoms with van der Waals surface area (Å²) in [6.07, 6.45) is 0. The first-order valence-electron chi connectivity index (χ1n) is 6.18. The van der Waals surface area contributed by atoms with Crippen molar-refractivity contribution in [2.45, 2.75) is 19.2 Å². The first kappa shape index (κ1) is 15.9. The normalized spacial score (nSPS) is 12.3. The standard InChI is InChI=1S/C16H15Br2ClO/c1-9-4-5-11(17)7-12(9)16(19)13-8-14(18)10(2)6-15(13)20-3/h4-8,16H,1-3H3. The van der Waals surface area contributed by atoms with Crippen LogP contribution >= 0.6 is 43.5 Å². The molecule has 0 spiro atoms. The molecule has 4 heteroatoms. The largest absolute Gasteiger partial charge is 0.496 e. The highest BCUT2D eigenvalue weighted by Crippen LogP contribution is 2.39. The topological polar surface area (TPSA) is 9.23 Å². The second kappa shape index (κ2) is 6.50. The first-order chi connectivity index (χ1) is 9.43. The van der Waals surface area contributed by atoms with Crippen LogP contribution < -0.4 is 4.74 Å². The van der Waals surface area contributed by atoms with Crippen LogP contribution in [0.4, 0.5) is 0 Å². The van der Waals surface area contributed by atoms with E-state index >= 15 is 0 Å². The molecule has 2 aromatic rings. The molecule has 0 radical (unpaired) electrons. The summed E-state index contributed by atoms with van der Waals surface area (Å²) in [5.41, 5.74) is 4.33. The van der Waals surface area contributed by atoms with Crippen molar-refractivity contribution in [3.8, 4) is 5.75 Å². The van der Waals surface area contributed by atoms with Crippen LogP contribution in [0, 0.1) is 13.8 Å². The van der Waals surface area contributed by atoms with Gasteiger partial charge in [-0.2, -0.15) is 0 Å². The van der Waals surface area contributed by atoms with E-state index in [1.54, 1.807) is 7.11 Å². The fraction of sp³-hybridized carbons (Fsp3) is 0.250. The van der Waals surface area contributed by atoms with Crippen molar-refractivity contribution < 1.29 is 4.74 Å². The molecule has 0 saturated heterocycles. The molecule has 2 aromatic carbocycles. The molecule has 2 rings (SSSR count). The van der Waals surface area contributed by atoms with Gasteiger partial charge in [-0.25, -0.2) is 0 Å². The fourth-order valence-corrected chi connectivity index (χ4v) is 3.24. The van der Waals surface area contributed by atoms with Crippen LogP contribution in [0.5, 0.6) is 5.75 Å². The summed E-state index contributed by atoms with van der Waals surface area (Å²) in [7, 11) is 1.67. The fourth-order valence-electron chi connectivity index (χ4n) is 2.10. The van der Waals surface area contributed by atoms with Crippen LogP contribution in [0.25, 0.3) is 0 Å². The molecule has 106 valence electrons. The monoisotopic (exact) mass is 416 g/mol. The Morgan fingerprint density at radius 2 is 1.70 bits per heavy atom. The van der Waals surface area contributed by atoms with Crippen molar-refractivity contribution in [3.05, 3.63) is 61.5 Å². The lowest BCUT2D eigenvalue weighted by molar-refractivity contribution is 0.409. The maximum atomic E-state index is 6.70. The van der Waals surface area contributed by atoms with Gasteiger partial charge in [0, 0.05) is 14.5 Å². The molecule has 20 heavy (non-hydrogen) atoms. The van der Waals surface area contributed by atoms with E-state index in [-0.39, 0.29) is 5.38 Å². The molecule has 0 aliphatic heterocycles. The number of aryl methyl sites for hydroxylation is 2. The molecule has 1 atom stereocenters. The Bertz CT molecular complexity index is 641. The SMILES string of the molecule is COc1cc(C)c(Br)cc1C(Cl)c1cc(Br)ccc1C. The van der Waals surface area contributed by atoms with Gasteiger partial charge in [-0.3, -0.25) is 0 Å². The Morgan fingerprint density at radius 3 is 2.35 bits per heavy atom. The third-order valence-corrected chi connectivity index (χ3v) is 5.12. The molecule has 0 bridgehead atoms. The average molecular weight is 419 g/mol. The van der Waals surface area contributed by atoms with Crippen molar-refractivity contribution in [3.63, 3.8) is 0 Å². The molecule has 0 fully saturated rings. The van der Waals surface area contributed by atoms with Gasteiger partial charge in [0.1, 0.15) is 5.75 Å². The number of halogens is 3. The van der Waals surface area contributed by atoms with Gasteiger partial charge in [-0.1, -0.05) is 37.9 Å². The summed E-state index contributed by atoms with van der Waals surface area (Å²) < 4.78 is 7.53. The molecule has 1 nitrogen and oxygen atoms in total. The molecular formula is C16H15Br2ClO. The predicted octanol–water partition coefficient (Wildman–Crippen LogP) is 6.17. The van der Waals surface area contributed by atoms with Crippen LogP contribution in [-0.2, 0) is 0 Å². The second-order valence-electron chi connectivity index (χ2n) is 4.71. The van der Waals surface area contributed by atoms with Gasteiger partial charge >= 0.3 is 0 Å². The number of methoxy groups -OCH3 is 1. The van der Waals surface area contributed by atoms with Gasteiger partial charge in [0.2, 0.25) is 0 Å². The zero-order valence-corrected chi connectivity index (χ0v) is 15.4. The van der Waals surface area contributed by atoms with Crippen LogP contribution in [0.1, 0.15) is 27.6 Å². The molecule has 1 unspecified atom stereocenters. The Hall–Kier alpha value is -0.510. The Balaban J connectivity index is 2.55. The van der Waals surface area contributed by atoms with E-state index in [0.29, 0.717) is 0 Å². The van der Waals surface area contributed by atoms with Crippen LogP contribution in [0.15, 0.2) is 39.3 Å². The van der Waals surface area contributed by atoms with E-state index in [2.05, 4.69) is 50.9 Å². The van der Waals surface area contributed by atoms with Gasteiger partial charge < -0.3 is 4.74 Å². The number of hydrogen-bond donors (Lipinski definition) is 0. The van der Waals surface area contributed by atoms with Crippen LogP contribution in [0.2, 0.25) is 0 Å². The Kier molecular flexibility index (Phi) is 5.16. The van der Waals surface area contributed by atoms with E-state index in [1.165, 1.54) is 0 Å². The highest BCUT2D eigenvalue weighted by Gasteiger charge is 2.19. The summed E-state index contributed by atoms with van der Waals surface area (Å²) in [4.78, 5) is 0. The lowest BCUT2D eigenvalue weighted by Crippen LogP contribution is -2.00. The van der Waals surface area contributed by atoms with Gasteiger partial charge in [0.05, 0.1) is 12.5 Å². The molecule has 0 aliphatic carbocycles. The third-order valence-electron chi connectivity index (χ3n) is 3.30. The zero-order valence-electron chi connectivity index (χ0n) is 11.5. The molecule has 0 saturated carbocycles. The van der Waals surface area contributed by atoms with E-state index in [4.69, 9.17) is 16.3 Å². The summed E-state index contributed by atoms with van der Waals surface area (Å²) in [5, 5.41) is -0.251. The molecule has 0 amide bonds. The van der Waals surface area contributed by atoms with E-state index < -0.39 is 0 Å². The van der Waals surface area contributed by atoms with Gasteiger partial charge in [-0.15, -0.1) is 11.6 Å². The number of rotatable bonds is 3. The van der Waals surface area contributed by atoms with Gasteiger partial charge in [0.25, 0.3) is 0 Å². The highest BCUT2D eigenvalue weighted by atomic mass is 79.9. The van der Waals surface area contributed by atoms with Crippen LogP contribution in [0.3, 0.4) is 0 Å². The van der Waals surface area contributed by atoms with Crippen molar-refractivity contribution in [2.24, 2.45) is 0 Å². The predicted molar refractivity (Wildman–Crippen MR) is 92.0 cm³/mol. The Labute approximate surface area is 141 Å². The lowest BCUT2D eigenvalue weighted by atomic mass is 9.98. The van der Waals surface area contributed by atoms with E-state index in [9.17, 15) is 0 Å². The zero-order chi connectivity index (χ0) is 14.9. The molecular weight excluding hydrogens is 403 g/mol. The number of ether oxygens (including phenoxy) is 1. The smallest absolute Gasteiger partial charge is 0.124 e. The van der Waals surface area contributed by atoms with Crippen molar-refractivity contribution in [2.75, 3.05) is 7.11 Å². The third kappa shape index (κ3) is 3.21. The summed E-state index contributed by atoms with van der Waals surface area (Å²) in [6.45, 7) is 4.09. The highest BCUT2D eigenvalue weighted by molar-refractivity contribution is 9.10. The maximum Gasteiger partial charge on any atom is 0.124 e. The quantitative estimate of drug-likeness (QED) is 0.542. The van der Waals surface area contributed by atoms with Crippen LogP contribution in [-0.4, -0.2) is 7.11 Å². The van der Waals surface area contributed by atoms with E-state index in [1.807, 2.05) is 25.1 Å². The molecule has 0 aromatic heterocycles. The maximum absolute atomic E-state index is 6.70. The van der Waals surface area contributed by atoms with Crippen molar-refractivity contribution in [1.82, 2.24) is 0 Å². The summed E-state index contributed by atoms with van der Waals surface area (Å²) >= 11 is 13.8. The van der Waals surface area contributed by atoms with Crippen molar-refractivity contribution >= 4 is 43.5 Å². The molecule has 0 N–H and O–H groups in total. The lowest BCUT2D eigenvalue weighted by Gasteiger charge is -2.18. The minimum Gasteiger partial charge on any atom is -0.496 e.